The molecule has 3 aliphatic rings. The Morgan fingerprint density at radius 1 is 1.44 bits per heavy atom. The Morgan fingerprint density at radius 3 is 2.50 bits per heavy atom. The van der Waals surface area contributed by atoms with Crippen LogP contribution in [0.3, 0.4) is 0 Å². The van der Waals surface area contributed by atoms with Crippen molar-refractivity contribution in [2.24, 2.45) is 23.2 Å². The third kappa shape index (κ3) is 1.62. The summed E-state index contributed by atoms with van der Waals surface area (Å²) in [6.07, 6.45) is 1.14. The van der Waals surface area contributed by atoms with Crippen molar-refractivity contribution in [3.8, 4) is 0 Å². The summed E-state index contributed by atoms with van der Waals surface area (Å²) in [6, 6.07) is 0. The lowest BCUT2D eigenvalue weighted by atomic mass is 9.44. The van der Waals surface area contributed by atoms with Gasteiger partial charge in [0.2, 0.25) is 0 Å². The molecule has 0 aromatic carbocycles. The first kappa shape index (κ1) is 11.8. The van der Waals surface area contributed by atoms with E-state index in [0.717, 1.165) is 12.8 Å². The summed E-state index contributed by atoms with van der Waals surface area (Å²) in [6.45, 7) is 4.07. The zero-order valence-corrected chi connectivity index (χ0v) is 9.67. The molecule has 3 saturated carbocycles. The molecule has 3 aliphatic carbocycles. The van der Waals surface area contributed by atoms with Gasteiger partial charge < -0.3 is 5.11 Å². The van der Waals surface area contributed by atoms with Gasteiger partial charge in [-0.25, -0.2) is 8.78 Å². The fourth-order valence-corrected chi connectivity index (χ4v) is 3.65. The Balaban J connectivity index is 2.12. The molecular weight excluding hydrogens is 214 g/mol. The van der Waals surface area contributed by atoms with E-state index < -0.39 is 24.2 Å². The van der Waals surface area contributed by atoms with E-state index in [0.29, 0.717) is 12.3 Å². The molecule has 3 rings (SSSR count). The topological polar surface area (TPSA) is 37.3 Å². The van der Waals surface area contributed by atoms with Crippen molar-refractivity contribution in [3.63, 3.8) is 0 Å². The van der Waals surface area contributed by atoms with Crippen molar-refractivity contribution in [1.82, 2.24) is 0 Å². The Labute approximate surface area is 94.0 Å². The molecule has 92 valence electrons. The van der Waals surface area contributed by atoms with Crippen LogP contribution in [-0.2, 0) is 4.79 Å². The highest BCUT2D eigenvalue weighted by Crippen LogP contribution is 2.64. The number of alkyl halides is 2. The van der Waals surface area contributed by atoms with Crippen LogP contribution in [0.1, 0.15) is 39.5 Å². The van der Waals surface area contributed by atoms with Gasteiger partial charge in [-0.15, -0.1) is 0 Å². The summed E-state index contributed by atoms with van der Waals surface area (Å²) in [5.41, 5.74) is -0.0230. The number of carbonyl (C=O) groups is 1. The van der Waals surface area contributed by atoms with Gasteiger partial charge >= 0.3 is 5.97 Å². The molecule has 1 N–H and O–H groups in total. The van der Waals surface area contributed by atoms with Gasteiger partial charge in [0.25, 0.3) is 5.92 Å². The lowest BCUT2D eigenvalue weighted by Gasteiger charge is -2.61. The molecule has 0 aromatic heterocycles. The smallest absolute Gasteiger partial charge is 0.309 e. The van der Waals surface area contributed by atoms with Crippen LogP contribution in [0, 0.1) is 23.2 Å². The molecule has 2 bridgehead atoms. The van der Waals surface area contributed by atoms with Crippen LogP contribution in [0.15, 0.2) is 0 Å². The number of rotatable bonds is 3. The van der Waals surface area contributed by atoms with E-state index in [1.54, 1.807) is 0 Å². The van der Waals surface area contributed by atoms with Crippen LogP contribution in [0.25, 0.3) is 0 Å². The number of aliphatic carboxylic acids is 1. The van der Waals surface area contributed by atoms with Crippen molar-refractivity contribution in [2.75, 3.05) is 0 Å². The molecule has 3 fully saturated rings. The summed E-state index contributed by atoms with van der Waals surface area (Å²) in [5, 5.41) is 8.53. The maximum atomic E-state index is 13.8. The second kappa shape index (κ2) is 3.41. The Hall–Kier alpha value is -0.670. The number of carboxylic acid groups (broad SMARTS) is 1. The SMILES string of the molecule is CC1(C)C2CCC(C(F)(F)CC(=O)O)C1C2. The first-order valence-corrected chi connectivity index (χ1v) is 5.85. The number of hydrogen-bond acceptors (Lipinski definition) is 1. The zero-order chi connectivity index (χ0) is 12.1. The third-order valence-electron chi connectivity index (χ3n) is 4.79. The molecule has 0 aromatic rings. The van der Waals surface area contributed by atoms with Gasteiger partial charge in [-0.2, -0.15) is 0 Å². The fourth-order valence-electron chi connectivity index (χ4n) is 3.65. The molecule has 0 aliphatic heterocycles. The highest BCUT2D eigenvalue weighted by atomic mass is 19.3. The minimum Gasteiger partial charge on any atom is -0.481 e. The van der Waals surface area contributed by atoms with Gasteiger partial charge in [-0.1, -0.05) is 13.8 Å². The van der Waals surface area contributed by atoms with E-state index in [4.69, 9.17) is 5.11 Å². The molecule has 0 radical (unpaired) electrons. The molecule has 16 heavy (non-hydrogen) atoms. The van der Waals surface area contributed by atoms with Crippen LogP contribution in [0.2, 0.25) is 0 Å². The van der Waals surface area contributed by atoms with E-state index in [9.17, 15) is 13.6 Å². The summed E-state index contributed by atoms with van der Waals surface area (Å²) < 4.78 is 27.6. The molecule has 0 saturated heterocycles. The van der Waals surface area contributed by atoms with E-state index in [-0.39, 0.29) is 11.3 Å². The lowest BCUT2D eigenvalue weighted by molar-refractivity contribution is -0.197. The molecular formula is C12H18F2O2. The summed E-state index contributed by atoms with van der Waals surface area (Å²) in [4.78, 5) is 10.5. The van der Waals surface area contributed by atoms with Crippen molar-refractivity contribution < 1.29 is 18.7 Å². The lowest BCUT2D eigenvalue weighted by Crippen LogP contribution is -2.56. The number of fused-ring (bicyclic) bond motifs is 2. The van der Waals surface area contributed by atoms with Gasteiger partial charge in [-0.05, 0) is 36.5 Å². The quantitative estimate of drug-likeness (QED) is 0.811. The van der Waals surface area contributed by atoms with Crippen molar-refractivity contribution >= 4 is 5.97 Å². The highest BCUT2D eigenvalue weighted by Gasteiger charge is 2.60. The van der Waals surface area contributed by atoms with Crippen molar-refractivity contribution in [3.05, 3.63) is 0 Å². The molecule has 0 spiro atoms. The van der Waals surface area contributed by atoms with Gasteiger partial charge in [0.05, 0.1) is 0 Å². The van der Waals surface area contributed by atoms with E-state index >= 15 is 0 Å². The van der Waals surface area contributed by atoms with Crippen LogP contribution in [0.5, 0.6) is 0 Å². The maximum absolute atomic E-state index is 13.8. The third-order valence-corrected chi connectivity index (χ3v) is 4.79. The van der Waals surface area contributed by atoms with Crippen molar-refractivity contribution in [1.29, 1.82) is 0 Å². The molecule has 3 atom stereocenters. The standard InChI is InChI=1S/C12H18F2O2/c1-11(2)7-3-4-8(9(11)5-7)12(13,14)6-10(15)16/h7-9H,3-6H2,1-2H3,(H,15,16). The van der Waals surface area contributed by atoms with Gasteiger partial charge in [0.1, 0.15) is 6.42 Å². The van der Waals surface area contributed by atoms with Gasteiger partial charge in [-0.3, -0.25) is 4.79 Å². The summed E-state index contributed by atoms with van der Waals surface area (Å²) in [5.74, 6) is -4.61. The second-order valence-corrected chi connectivity index (χ2v) is 5.88. The monoisotopic (exact) mass is 232 g/mol. The maximum Gasteiger partial charge on any atom is 0.309 e. The fraction of sp³-hybridized carbons (Fsp3) is 0.917. The average Bonchev–Trinajstić information content (AvgIpc) is 2.15. The second-order valence-electron chi connectivity index (χ2n) is 5.88. The van der Waals surface area contributed by atoms with E-state index in [1.807, 2.05) is 13.8 Å². The first-order chi connectivity index (χ1) is 7.25. The Kier molecular flexibility index (Phi) is 2.52. The summed E-state index contributed by atoms with van der Waals surface area (Å²) >= 11 is 0. The number of hydrogen-bond donors (Lipinski definition) is 1. The highest BCUT2D eigenvalue weighted by molar-refractivity contribution is 5.67. The number of halogens is 2. The van der Waals surface area contributed by atoms with Crippen LogP contribution >= 0.6 is 0 Å². The minimum atomic E-state index is -3.04. The first-order valence-electron chi connectivity index (χ1n) is 5.85. The van der Waals surface area contributed by atoms with Crippen molar-refractivity contribution in [2.45, 2.75) is 45.5 Å². The average molecular weight is 232 g/mol. The van der Waals surface area contributed by atoms with Gasteiger partial charge in [0, 0.05) is 5.92 Å². The van der Waals surface area contributed by atoms with Crippen LogP contribution < -0.4 is 0 Å². The number of carboxylic acids is 1. The van der Waals surface area contributed by atoms with E-state index in [1.165, 1.54) is 0 Å². The van der Waals surface area contributed by atoms with Crippen LogP contribution in [-0.4, -0.2) is 17.0 Å². The molecule has 0 heterocycles. The zero-order valence-electron chi connectivity index (χ0n) is 9.67. The normalized spacial score (nSPS) is 36.6. The van der Waals surface area contributed by atoms with Gasteiger partial charge in [0.15, 0.2) is 0 Å². The van der Waals surface area contributed by atoms with Crippen LogP contribution in [0.4, 0.5) is 8.78 Å². The Bertz CT molecular complexity index is 310. The van der Waals surface area contributed by atoms with E-state index in [2.05, 4.69) is 0 Å². The molecule has 2 nitrogen and oxygen atoms in total. The predicted molar refractivity (Wildman–Crippen MR) is 55.3 cm³/mol. The Morgan fingerprint density at radius 2 is 2.06 bits per heavy atom. The molecule has 4 heteroatoms. The summed E-state index contributed by atoms with van der Waals surface area (Å²) in [7, 11) is 0. The molecule has 3 unspecified atom stereocenters. The largest absolute Gasteiger partial charge is 0.481 e. The minimum absolute atomic E-state index is 0.000556. The molecule has 0 amide bonds. The predicted octanol–water partition coefficient (Wildman–Crippen LogP) is 3.17.